The van der Waals surface area contributed by atoms with Crippen LogP contribution in [0.2, 0.25) is 0 Å². The molecule has 6 heteroatoms. The number of unbranched alkanes of at least 4 members (excludes halogenated alkanes) is 3. The van der Waals surface area contributed by atoms with Crippen molar-refractivity contribution in [2.45, 2.75) is 51.9 Å². The molecule has 0 radical (unpaired) electrons. The summed E-state index contributed by atoms with van der Waals surface area (Å²) in [5.41, 5.74) is 12.2. The fourth-order valence-electron chi connectivity index (χ4n) is 8.63. The second-order valence-corrected chi connectivity index (χ2v) is 17.6. The minimum Gasteiger partial charge on any atom is -0.486 e. The highest BCUT2D eigenvalue weighted by molar-refractivity contribution is 7.36. The Balaban J connectivity index is 1.25. The van der Waals surface area contributed by atoms with Crippen LogP contribution in [0, 0.1) is 6.57 Å². The van der Waals surface area contributed by atoms with Gasteiger partial charge < -0.3 is 10.0 Å². The second-order valence-electron chi connectivity index (χ2n) is 15.5. The highest BCUT2D eigenvalue weighted by Gasteiger charge is 2.36. The van der Waals surface area contributed by atoms with Crippen LogP contribution in [0.15, 0.2) is 133 Å². The van der Waals surface area contributed by atoms with Gasteiger partial charge in [0.15, 0.2) is 0 Å². The van der Waals surface area contributed by atoms with E-state index in [4.69, 9.17) is 6.57 Å². The topological polar surface area (TPSA) is 44.9 Å². The number of aliphatic carboxylic acids is 1. The van der Waals surface area contributed by atoms with Crippen molar-refractivity contribution in [1.82, 2.24) is 0 Å². The average Bonchev–Trinajstić information content (AvgIpc) is 3.77. The lowest BCUT2D eigenvalue weighted by Crippen LogP contribution is -2.33. The van der Waals surface area contributed by atoms with Crippen LogP contribution in [0.5, 0.6) is 0 Å². The Morgan fingerprint density at radius 2 is 1.28 bits per heavy atom. The van der Waals surface area contributed by atoms with E-state index in [1.165, 1.54) is 89.6 Å². The number of rotatable bonds is 10. The summed E-state index contributed by atoms with van der Waals surface area (Å²) in [5, 5.41) is 12.1. The minimum atomic E-state index is -1.23. The lowest BCUT2D eigenvalue weighted by Gasteiger charge is -2.42. The first-order valence-corrected chi connectivity index (χ1v) is 21.3. The third-order valence-corrected chi connectivity index (χ3v) is 14.1. The van der Waals surface area contributed by atoms with Gasteiger partial charge in [-0.15, -0.1) is 22.7 Å². The van der Waals surface area contributed by atoms with E-state index >= 15 is 0 Å². The highest BCUT2D eigenvalue weighted by atomic mass is 32.1. The standard InChI is InChI=1S/C51H42N2O2S2/c1-5-6-7-16-25-53-44-22-15-14-21-41(44)51(2,3)42-27-34(23-24-45(42)53)37-29-40-47(31-38(37)33-19-12-9-13-20-33)57-48-39-26-35(28-43(52-4)50(54)55)36(30-46(39)56-49(40)48)32-17-10-8-11-18-32/h8-15,17-24,26-31H,5-7,16,25H2,1-3H3,(H,54,55)/b43-28-. The van der Waals surface area contributed by atoms with E-state index in [9.17, 15) is 9.90 Å². The van der Waals surface area contributed by atoms with Crippen molar-refractivity contribution in [2.24, 2.45) is 0 Å². The predicted octanol–water partition coefficient (Wildman–Crippen LogP) is 15.0. The van der Waals surface area contributed by atoms with Crippen molar-refractivity contribution in [3.63, 3.8) is 0 Å². The molecule has 2 aromatic heterocycles. The number of carbonyl (C=O) groups is 1. The molecule has 57 heavy (non-hydrogen) atoms. The number of fused-ring (bicyclic) bond motifs is 7. The van der Waals surface area contributed by atoms with Crippen molar-refractivity contribution in [3.8, 4) is 33.4 Å². The second kappa shape index (κ2) is 14.8. The summed E-state index contributed by atoms with van der Waals surface area (Å²) < 4.78 is 4.75. The van der Waals surface area contributed by atoms with Gasteiger partial charge in [-0.3, -0.25) is 4.79 Å². The van der Waals surface area contributed by atoms with Gasteiger partial charge in [0, 0.05) is 43.5 Å². The number of thiophene rings is 2. The molecule has 0 saturated carbocycles. The van der Waals surface area contributed by atoms with E-state index in [2.05, 4.69) is 128 Å². The maximum Gasteiger partial charge on any atom is 0.333 e. The first-order valence-electron chi connectivity index (χ1n) is 19.7. The van der Waals surface area contributed by atoms with Gasteiger partial charge in [-0.1, -0.05) is 125 Å². The molecule has 8 aromatic rings. The fraction of sp³-hybridized carbons (Fsp3) is 0.176. The summed E-state index contributed by atoms with van der Waals surface area (Å²) in [6.45, 7) is 15.6. The van der Waals surface area contributed by atoms with E-state index in [0.29, 0.717) is 0 Å². The monoisotopic (exact) mass is 778 g/mol. The van der Waals surface area contributed by atoms with Gasteiger partial charge in [-0.25, -0.2) is 4.85 Å². The highest BCUT2D eigenvalue weighted by Crippen LogP contribution is 2.52. The first-order chi connectivity index (χ1) is 27.8. The Hall–Kier alpha value is -6.00. The molecule has 9 rings (SSSR count). The molecule has 0 unspecified atom stereocenters. The quantitative estimate of drug-likeness (QED) is 0.0854. The number of anilines is 2. The van der Waals surface area contributed by atoms with Crippen molar-refractivity contribution in [2.75, 3.05) is 11.4 Å². The summed E-state index contributed by atoms with van der Waals surface area (Å²) >= 11 is 3.57. The van der Waals surface area contributed by atoms with Crippen LogP contribution in [0.1, 0.15) is 63.1 Å². The molecule has 0 bridgehead atoms. The van der Waals surface area contributed by atoms with Gasteiger partial charge in [-0.2, -0.15) is 0 Å². The number of hydrogen-bond donors (Lipinski definition) is 1. The van der Waals surface area contributed by atoms with Crippen molar-refractivity contribution < 1.29 is 9.90 Å². The third kappa shape index (κ3) is 6.42. The smallest absolute Gasteiger partial charge is 0.333 e. The fourth-order valence-corrected chi connectivity index (χ4v) is 11.3. The number of nitrogens with zero attached hydrogens (tertiary/aromatic N) is 2. The molecule has 6 aromatic carbocycles. The molecule has 0 aliphatic carbocycles. The summed E-state index contributed by atoms with van der Waals surface area (Å²) in [7, 11) is 0. The normalized spacial score (nSPS) is 13.5. The van der Waals surface area contributed by atoms with Crippen LogP contribution >= 0.6 is 22.7 Å². The van der Waals surface area contributed by atoms with Gasteiger partial charge in [0.1, 0.15) is 0 Å². The first kappa shape index (κ1) is 36.6. The number of para-hydroxylation sites is 1. The lowest BCUT2D eigenvalue weighted by molar-refractivity contribution is -0.132. The molecule has 0 atom stereocenters. The molecule has 0 fully saturated rings. The predicted molar refractivity (Wildman–Crippen MR) is 243 cm³/mol. The van der Waals surface area contributed by atoms with Crippen molar-refractivity contribution in [1.29, 1.82) is 0 Å². The molecule has 0 saturated heterocycles. The summed E-state index contributed by atoms with van der Waals surface area (Å²) in [5.74, 6) is -1.23. The minimum absolute atomic E-state index is 0.184. The van der Waals surface area contributed by atoms with Crippen LogP contribution < -0.4 is 4.90 Å². The van der Waals surface area contributed by atoms with E-state index < -0.39 is 5.97 Å². The number of carboxylic acid groups (broad SMARTS) is 1. The van der Waals surface area contributed by atoms with E-state index in [1.807, 2.05) is 30.3 Å². The number of carboxylic acids is 1. The Bertz CT molecular complexity index is 2910. The molecule has 3 heterocycles. The Labute approximate surface area is 341 Å². The average molecular weight is 779 g/mol. The zero-order chi connectivity index (χ0) is 39.3. The van der Waals surface area contributed by atoms with E-state index in [1.54, 1.807) is 22.7 Å². The van der Waals surface area contributed by atoms with Crippen LogP contribution in [-0.4, -0.2) is 17.6 Å². The lowest BCUT2D eigenvalue weighted by atomic mass is 9.72. The SMILES string of the molecule is [C-]#[N+]/C(=C\c1cc2c(cc1-c1ccccc1)sc1c3cc(-c4ccc5c(c4)C(C)(C)c4ccccc4N5CCCCCC)c(-c4ccccc4)cc3sc21)C(=O)O. The molecular weight excluding hydrogens is 737 g/mol. The molecule has 1 aliphatic rings. The molecular formula is C51H42N2O2S2. The maximum absolute atomic E-state index is 12.0. The van der Waals surface area contributed by atoms with Crippen LogP contribution in [-0.2, 0) is 10.2 Å². The van der Waals surface area contributed by atoms with Gasteiger partial charge >= 0.3 is 5.97 Å². The maximum atomic E-state index is 12.0. The number of hydrogen-bond acceptors (Lipinski definition) is 4. The number of benzene rings is 6. The van der Waals surface area contributed by atoms with Gasteiger partial charge in [0.2, 0.25) is 0 Å². The molecule has 4 nitrogen and oxygen atoms in total. The van der Waals surface area contributed by atoms with Crippen LogP contribution in [0.25, 0.3) is 73.9 Å². The van der Waals surface area contributed by atoms with E-state index in [-0.39, 0.29) is 11.1 Å². The van der Waals surface area contributed by atoms with Crippen LogP contribution in [0.4, 0.5) is 11.4 Å². The molecule has 0 spiro atoms. The zero-order valence-corrected chi connectivity index (χ0v) is 33.9. The summed E-state index contributed by atoms with van der Waals surface area (Å²) in [6.07, 6.45) is 6.39. The summed E-state index contributed by atoms with van der Waals surface area (Å²) in [4.78, 5) is 17.9. The van der Waals surface area contributed by atoms with E-state index in [0.717, 1.165) is 39.7 Å². The molecule has 1 N–H and O–H groups in total. The van der Waals surface area contributed by atoms with Gasteiger partial charge in [0.05, 0.1) is 16.0 Å². The third-order valence-electron chi connectivity index (χ3n) is 11.6. The Morgan fingerprint density at radius 3 is 1.95 bits per heavy atom. The van der Waals surface area contributed by atoms with Crippen LogP contribution in [0.3, 0.4) is 0 Å². The molecule has 280 valence electrons. The molecule has 0 amide bonds. The van der Waals surface area contributed by atoms with Gasteiger partial charge in [0.25, 0.3) is 5.70 Å². The van der Waals surface area contributed by atoms with Crippen molar-refractivity contribution >= 4 is 75.7 Å². The Kier molecular flexibility index (Phi) is 9.52. The van der Waals surface area contributed by atoms with Crippen molar-refractivity contribution in [3.05, 3.63) is 161 Å². The zero-order valence-electron chi connectivity index (χ0n) is 32.3. The van der Waals surface area contributed by atoms with Gasteiger partial charge in [-0.05, 0) is 105 Å². The molecule has 1 aliphatic heterocycles. The largest absolute Gasteiger partial charge is 0.486 e. The Morgan fingerprint density at radius 1 is 0.684 bits per heavy atom. The summed E-state index contributed by atoms with van der Waals surface area (Å²) in [6, 6.07) is 45.8.